The second-order valence-corrected chi connectivity index (χ2v) is 7.74. The molecule has 0 aliphatic carbocycles. The Hall–Kier alpha value is -4.23. The highest BCUT2D eigenvalue weighted by Gasteiger charge is 2.19. The number of nitrogens with zero attached hydrogens (tertiary/aromatic N) is 2. The SMILES string of the molecule is N[C@@H](Cc1ccc(NC(=O)c2cn(Cc3ccccc3)nc2-c2ccccc2)cc1)C(=O)O. The number of nitrogens with two attached hydrogens (primary N) is 1. The average molecular weight is 441 g/mol. The number of carbonyl (C=O) groups is 2. The van der Waals surface area contributed by atoms with Crippen molar-refractivity contribution in [3.63, 3.8) is 0 Å². The van der Waals surface area contributed by atoms with Crippen LogP contribution in [0.5, 0.6) is 0 Å². The van der Waals surface area contributed by atoms with Gasteiger partial charge in [-0.25, -0.2) is 0 Å². The molecule has 4 rings (SSSR count). The third-order valence-corrected chi connectivity index (χ3v) is 5.23. The van der Waals surface area contributed by atoms with Gasteiger partial charge in [0.15, 0.2) is 0 Å². The summed E-state index contributed by atoms with van der Waals surface area (Å²) in [6, 6.07) is 25.5. The number of aliphatic carboxylic acids is 1. The minimum atomic E-state index is -1.05. The van der Waals surface area contributed by atoms with Gasteiger partial charge in [-0.15, -0.1) is 0 Å². The van der Waals surface area contributed by atoms with Crippen molar-refractivity contribution in [3.8, 4) is 11.3 Å². The quantitative estimate of drug-likeness (QED) is 0.386. The maximum absolute atomic E-state index is 13.2. The van der Waals surface area contributed by atoms with Gasteiger partial charge in [-0.05, 0) is 29.7 Å². The molecule has 3 aromatic carbocycles. The molecule has 166 valence electrons. The van der Waals surface area contributed by atoms with Crippen LogP contribution in [0.4, 0.5) is 5.69 Å². The molecule has 1 aromatic heterocycles. The van der Waals surface area contributed by atoms with Crippen LogP contribution in [-0.2, 0) is 17.8 Å². The van der Waals surface area contributed by atoms with E-state index in [1.54, 1.807) is 35.1 Å². The Kier molecular flexibility index (Phi) is 6.61. The first kappa shape index (κ1) is 22.0. The normalized spacial score (nSPS) is 11.7. The van der Waals surface area contributed by atoms with Crippen LogP contribution in [0.1, 0.15) is 21.5 Å². The molecule has 4 N–H and O–H groups in total. The maximum Gasteiger partial charge on any atom is 0.320 e. The fourth-order valence-corrected chi connectivity index (χ4v) is 3.51. The molecule has 1 amide bonds. The Balaban J connectivity index is 1.56. The lowest BCUT2D eigenvalue weighted by molar-refractivity contribution is -0.138. The Morgan fingerprint density at radius 3 is 2.18 bits per heavy atom. The monoisotopic (exact) mass is 440 g/mol. The van der Waals surface area contributed by atoms with Crippen LogP contribution in [0.25, 0.3) is 11.3 Å². The first-order valence-electron chi connectivity index (χ1n) is 10.5. The van der Waals surface area contributed by atoms with Crippen molar-refractivity contribution in [2.75, 3.05) is 5.32 Å². The Bertz CT molecular complexity index is 1240. The lowest BCUT2D eigenvalue weighted by Gasteiger charge is -2.09. The second kappa shape index (κ2) is 9.93. The third kappa shape index (κ3) is 5.53. The first-order chi connectivity index (χ1) is 16.0. The summed E-state index contributed by atoms with van der Waals surface area (Å²) in [6.07, 6.45) is 1.97. The molecule has 33 heavy (non-hydrogen) atoms. The molecule has 4 aromatic rings. The molecule has 0 saturated carbocycles. The van der Waals surface area contributed by atoms with E-state index in [9.17, 15) is 9.59 Å². The topological polar surface area (TPSA) is 110 Å². The Morgan fingerprint density at radius 2 is 1.55 bits per heavy atom. The van der Waals surface area contributed by atoms with Crippen LogP contribution in [0, 0.1) is 0 Å². The lowest BCUT2D eigenvalue weighted by Crippen LogP contribution is -2.32. The zero-order valence-electron chi connectivity index (χ0n) is 17.9. The van der Waals surface area contributed by atoms with Gasteiger partial charge < -0.3 is 16.2 Å². The van der Waals surface area contributed by atoms with Crippen molar-refractivity contribution >= 4 is 17.6 Å². The highest BCUT2D eigenvalue weighted by Crippen LogP contribution is 2.24. The van der Waals surface area contributed by atoms with Crippen LogP contribution in [0.15, 0.2) is 91.1 Å². The van der Waals surface area contributed by atoms with Gasteiger partial charge >= 0.3 is 5.97 Å². The zero-order chi connectivity index (χ0) is 23.2. The lowest BCUT2D eigenvalue weighted by atomic mass is 10.1. The van der Waals surface area contributed by atoms with Gasteiger partial charge in [-0.2, -0.15) is 5.10 Å². The summed E-state index contributed by atoms with van der Waals surface area (Å²) < 4.78 is 1.77. The molecule has 0 unspecified atom stereocenters. The number of benzene rings is 3. The van der Waals surface area contributed by atoms with Gasteiger partial charge in [0.2, 0.25) is 0 Å². The van der Waals surface area contributed by atoms with E-state index >= 15 is 0 Å². The molecule has 1 atom stereocenters. The molecule has 0 saturated heterocycles. The summed E-state index contributed by atoms with van der Waals surface area (Å²) in [7, 11) is 0. The second-order valence-electron chi connectivity index (χ2n) is 7.74. The molecule has 0 spiro atoms. The summed E-state index contributed by atoms with van der Waals surface area (Å²) in [5.74, 6) is -1.32. The van der Waals surface area contributed by atoms with Crippen molar-refractivity contribution in [2.45, 2.75) is 19.0 Å². The molecular weight excluding hydrogens is 416 g/mol. The van der Waals surface area contributed by atoms with Crippen LogP contribution in [-0.4, -0.2) is 32.8 Å². The molecule has 7 nitrogen and oxygen atoms in total. The van der Waals surface area contributed by atoms with Crippen LogP contribution in [0.2, 0.25) is 0 Å². The van der Waals surface area contributed by atoms with Crippen molar-refractivity contribution < 1.29 is 14.7 Å². The van der Waals surface area contributed by atoms with E-state index in [0.717, 1.165) is 16.7 Å². The summed E-state index contributed by atoms with van der Waals surface area (Å²) in [4.78, 5) is 24.1. The number of anilines is 1. The summed E-state index contributed by atoms with van der Waals surface area (Å²) in [5, 5.41) is 16.6. The Morgan fingerprint density at radius 1 is 0.909 bits per heavy atom. The van der Waals surface area contributed by atoms with Gasteiger partial charge in [0.1, 0.15) is 11.7 Å². The smallest absolute Gasteiger partial charge is 0.320 e. The third-order valence-electron chi connectivity index (χ3n) is 5.23. The van der Waals surface area contributed by atoms with E-state index in [0.29, 0.717) is 23.5 Å². The van der Waals surface area contributed by atoms with E-state index in [-0.39, 0.29) is 12.3 Å². The number of aromatic nitrogens is 2. The van der Waals surface area contributed by atoms with E-state index in [1.165, 1.54) is 0 Å². The summed E-state index contributed by atoms with van der Waals surface area (Å²) >= 11 is 0. The maximum atomic E-state index is 13.2. The fraction of sp³-hybridized carbons (Fsp3) is 0.115. The van der Waals surface area contributed by atoms with E-state index in [4.69, 9.17) is 10.8 Å². The van der Waals surface area contributed by atoms with E-state index in [2.05, 4.69) is 10.4 Å². The van der Waals surface area contributed by atoms with Gasteiger partial charge in [0, 0.05) is 17.4 Å². The molecule has 0 aliphatic heterocycles. The first-order valence-corrected chi connectivity index (χ1v) is 10.5. The van der Waals surface area contributed by atoms with Crippen molar-refractivity contribution in [2.24, 2.45) is 5.73 Å². The number of carbonyl (C=O) groups excluding carboxylic acids is 1. The number of hydrogen-bond donors (Lipinski definition) is 3. The molecule has 1 heterocycles. The van der Waals surface area contributed by atoms with E-state index < -0.39 is 12.0 Å². The average Bonchev–Trinajstić information content (AvgIpc) is 3.25. The predicted molar refractivity (Wildman–Crippen MR) is 127 cm³/mol. The van der Waals surface area contributed by atoms with Gasteiger partial charge in [0.05, 0.1) is 12.1 Å². The standard InChI is InChI=1S/C26H24N4O3/c27-23(26(32)33)15-18-11-13-21(14-12-18)28-25(31)22-17-30(16-19-7-3-1-4-8-19)29-24(22)20-9-5-2-6-10-20/h1-14,17,23H,15-16,27H2,(H,28,31)(H,32,33)/t23-/m0/s1. The van der Waals surface area contributed by atoms with Crippen LogP contribution in [0.3, 0.4) is 0 Å². The fourth-order valence-electron chi connectivity index (χ4n) is 3.51. The number of rotatable bonds is 8. The van der Waals surface area contributed by atoms with Crippen LogP contribution >= 0.6 is 0 Å². The summed E-state index contributed by atoms with van der Waals surface area (Å²) in [5.41, 5.74) is 9.99. The number of carboxylic acid groups (broad SMARTS) is 1. The number of carboxylic acids is 1. The highest BCUT2D eigenvalue weighted by atomic mass is 16.4. The highest BCUT2D eigenvalue weighted by molar-refractivity contribution is 6.08. The largest absolute Gasteiger partial charge is 0.480 e. The molecular formula is C26H24N4O3. The minimum Gasteiger partial charge on any atom is -0.480 e. The van der Waals surface area contributed by atoms with Gasteiger partial charge in [-0.3, -0.25) is 14.3 Å². The molecule has 7 heteroatoms. The van der Waals surface area contributed by atoms with Crippen molar-refractivity contribution in [1.29, 1.82) is 0 Å². The van der Waals surface area contributed by atoms with Gasteiger partial charge in [-0.1, -0.05) is 72.8 Å². The molecule has 0 radical (unpaired) electrons. The minimum absolute atomic E-state index is 0.216. The van der Waals surface area contributed by atoms with Gasteiger partial charge in [0.25, 0.3) is 5.91 Å². The summed E-state index contributed by atoms with van der Waals surface area (Å²) in [6.45, 7) is 0.548. The number of nitrogens with one attached hydrogen (secondary N) is 1. The molecule has 0 fully saturated rings. The molecule has 0 aliphatic rings. The zero-order valence-corrected chi connectivity index (χ0v) is 17.9. The Labute approximate surface area is 191 Å². The number of amides is 1. The van der Waals surface area contributed by atoms with Crippen molar-refractivity contribution in [1.82, 2.24) is 9.78 Å². The predicted octanol–water partition coefficient (Wildman–Crippen LogP) is 3.81. The molecule has 0 bridgehead atoms. The van der Waals surface area contributed by atoms with Crippen molar-refractivity contribution in [3.05, 3.63) is 108 Å². The van der Waals surface area contributed by atoms with E-state index in [1.807, 2.05) is 60.7 Å². The number of hydrogen-bond acceptors (Lipinski definition) is 4. The van der Waals surface area contributed by atoms with Crippen LogP contribution < -0.4 is 11.1 Å².